The normalized spacial score (nSPS) is 16.2. The van der Waals surface area contributed by atoms with Crippen LogP contribution in [0.1, 0.15) is 12.0 Å². The number of hydrogen-bond donors (Lipinski definition) is 1. The summed E-state index contributed by atoms with van der Waals surface area (Å²) in [6.45, 7) is 0.997. The van der Waals surface area contributed by atoms with E-state index >= 15 is 0 Å². The Morgan fingerprint density at radius 3 is 2.29 bits per heavy atom. The van der Waals surface area contributed by atoms with Crippen LogP contribution in [0.25, 0.3) is 11.1 Å². The number of amides is 2. The summed E-state index contributed by atoms with van der Waals surface area (Å²) in [5, 5.41) is 3.04. The Morgan fingerprint density at radius 1 is 0.893 bits per heavy atom. The Morgan fingerprint density at radius 2 is 1.54 bits per heavy atom. The lowest BCUT2D eigenvalue weighted by molar-refractivity contribution is -0.128. The first kappa shape index (κ1) is 18.0. The van der Waals surface area contributed by atoms with Crippen molar-refractivity contribution in [3.63, 3.8) is 0 Å². The van der Waals surface area contributed by atoms with E-state index in [1.807, 2.05) is 84.9 Å². The van der Waals surface area contributed by atoms with Gasteiger partial charge in [0.2, 0.25) is 11.8 Å². The molecule has 2 amide bonds. The SMILES string of the molecule is O=C(Nc1ccccc1-c1ccccc1)C1CC(=O)N(Cc2ccccc2)C1. The highest BCUT2D eigenvalue weighted by atomic mass is 16.2. The molecule has 4 heteroatoms. The summed E-state index contributed by atoms with van der Waals surface area (Å²) in [6, 6.07) is 27.6. The van der Waals surface area contributed by atoms with Crippen molar-refractivity contribution in [1.82, 2.24) is 4.90 Å². The fraction of sp³-hybridized carbons (Fsp3) is 0.167. The van der Waals surface area contributed by atoms with Gasteiger partial charge in [0.1, 0.15) is 0 Å². The van der Waals surface area contributed by atoms with E-state index in [2.05, 4.69) is 5.32 Å². The molecule has 1 aliphatic rings. The van der Waals surface area contributed by atoms with Gasteiger partial charge in [-0.1, -0.05) is 78.9 Å². The molecule has 1 heterocycles. The summed E-state index contributed by atoms with van der Waals surface area (Å²) >= 11 is 0. The summed E-state index contributed by atoms with van der Waals surface area (Å²) in [5.74, 6) is -0.410. The van der Waals surface area contributed by atoms with E-state index in [-0.39, 0.29) is 24.2 Å². The number of carbonyl (C=O) groups excluding carboxylic acids is 2. The number of anilines is 1. The molecule has 0 radical (unpaired) electrons. The molecule has 1 aliphatic heterocycles. The van der Waals surface area contributed by atoms with E-state index in [4.69, 9.17) is 0 Å². The number of nitrogens with zero attached hydrogens (tertiary/aromatic N) is 1. The number of rotatable bonds is 5. The highest BCUT2D eigenvalue weighted by molar-refractivity contribution is 5.99. The summed E-state index contributed by atoms with van der Waals surface area (Å²) in [6.07, 6.45) is 0.256. The van der Waals surface area contributed by atoms with Crippen LogP contribution in [0.15, 0.2) is 84.9 Å². The smallest absolute Gasteiger partial charge is 0.229 e. The molecule has 28 heavy (non-hydrogen) atoms. The van der Waals surface area contributed by atoms with Crippen LogP contribution < -0.4 is 5.32 Å². The number of likely N-dealkylation sites (tertiary alicyclic amines) is 1. The minimum Gasteiger partial charge on any atom is -0.338 e. The predicted octanol–water partition coefficient (Wildman–Crippen LogP) is 4.34. The maximum atomic E-state index is 12.9. The van der Waals surface area contributed by atoms with Gasteiger partial charge in [-0.25, -0.2) is 0 Å². The fourth-order valence-electron chi connectivity index (χ4n) is 3.60. The molecule has 1 unspecified atom stereocenters. The molecule has 1 saturated heterocycles. The maximum absolute atomic E-state index is 12.9. The molecule has 1 fully saturated rings. The third kappa shape index (κ3) is 3.96. The lowest BCUT2D eigenvalue weighted by Crippen LogP contribution is -2.28. The van der Waals surface area contributed by atoms with Crippen LogP contribution in [0.3, 0.4) is 0 Å². The molecular formula is C24H22N2O2. The molecule has 0 aliphatic carbocycles. The number of hydrogen-bond acceptors (Lipinski definition) is 2. The third-order valence-corrected chi connectivity index (χ3v) is 5.07. The van der Waals surface area contributed by atoms with Crippen molar-refractivity contribution in [3.05, 3.63) is 90.5 Å². The Balaban J connectivity index is 1.46. The van der Waals surface area contributed by atoms with Crippen molar-refractivity contribution in [3.8, 4) is 11.1 Å². The first-order chi connectivity index (χ1) is 13.7. The summed E-state index contributed by atoms with van der Waals surface area (Å²) in [7, 11) is 0. The lowest BCUT2D eigenvalue weighted by atomic mass is 10.0. The maximum Gasteiger partial charge on any atom is 0.229 e. The molecule has 0 spiro atoms. The van der Waals surface area contributed by atoms with E-state index < -0.39 is 0 Å². The van der Waals surface area contributed by atoms with Gasteiger partial charge < -0.3 is 10.2 Å². The van der Waals surface area contributed by atoms with Gasteiger partial charge in [-0.3, -0.25) is 9.59 Å². The van der Waals surface area contributed by atoms with E-state index in [1.54, 1.807) is 4.90 Å². The van der Waals surface area contributed by atoms with Crippen LogP contribution in [0, 0.1) is 5.92 Å². The van der Waals surface area contributed by atoms with Gasteiger partial charge in [0.05, 0.1) is 5.92 Å². The van der Waals surface area contributed by atoms with Crippen molar-refractivity contribution < 1.29 is 9.59 Å². The molecule has 140 valence electrons. The zero-order valence-electron chi connectivity index (χ0n) is 15.5. The number of benzene rings is 3. The topological polar surface area (TPSA) is 49.4 Å². The molecule has 4 rings (SSSR count). The first-order valence-electron chi connectivity index (χ1n) is 9.48. The average molecular weight is 370 g/mol. The van der Waals surface area contributed by atoms with Crippen molar-refractivity contribution in [2.24, 2.45) is 5.92 Å². The molecule has 4 nitrogen and oxygen atoms in total. The van der Waals surface area contributed by atoms with E-state index in [0.717, 1.165) is 22.4 Å². The highest BCUT2D eigenvalue weighted by Crippen LogP contribution is 2.29. The summed E-state index contributed by atoms with van der Waals surface area (Å²) < 4.78 is 0. The number of carbonyl (C=O) groups is 2. The molecule has 0 bridgehead atoms. The standard InChI is InChI=1S/C24H22N2O2/c27-23-15-20(17-26(23)16-18-9-3-1-4-10-18)24(28)25-22-14-8-7-13-21(22)19-11-5-2-6-12-19/h1-14,20H,15-17H2,(H,25,28). The van der Waals surface area contributed by atoms with Crippen LogP contribution in [0.4, 0.5) is 5.69 Å². The van der Waals surface area contributed by atoms with Crippen LogP contribution in [0.2, 0.25) is 0 Å². The second kappa shape index (κ2) is 8.09. The Hall–Kier alpha value is -3.40. The van der Waals surface area contributed by atoms with E-state index in [9.17, 15) is 9.59 Å². The highest BCUT2D eigenvalue weighted by Gasteiger charge is 2.34. The molecule has 0 aromatic heterocycles. The molecular weight excluding hydrogens is 348 g/mol. The second-order valence-electron chi connectivity index (χ2n) is 7.06. The van der Waals surface area contributed by atoms with Crippen molar-refractivity contribution in [1.29, 1.82) is 0 Å². The van der Waals surface area contributed by atoms with Crippen molar-refractivity contribution >= 4 is 17.5 Å². The Labute approximate surface area is 164 Å². The van der Waals surface area contributed by atoms with Crippen LogP contribution >= 0.6 is 0 Å². The lowest BCUT2D eigenvalue weighted by Gasteiger charge is -2.17. The molecule has 1 atom stereocenters. The van der Waals surface area contributed by atoms with Crippen molar-refractivity contribution in [2.75, 3.05) is 11.9 Å². The first-order valence-corrected chi connectivity index (χ1v) is 9.48. The minimum atomic E-state index is -0.333. The predicted molar refractivity (Wildman–Crippen MR) is 110 cm³/mol. The largest absolute Gasteiger partial charge is 0.338 e. The molecule has 0 saturated carbocycles. The Bertz CT molecular complexity index is 970. The van der Waals surface area contributed by atoms with E-state index in [1.165, 1.54) is 0 Å². The van der Waals surface area contributed by atoms with Crippen LogP contribution in [0.5, 0.6) is 0 Å². The third-order valence-electron chi connectivity index (χ3n) is 5.07. The van der Waals surface area contributed by atoms with Gasteiger partial charge in [-0.2, -0.15) is 0 Å². The minimum absolute atomic E-state index is 0.0281. The monoisotopic (exact) mass is 370 g/mol. The number of para-hydroxylation sites is 1. The molecule has 3 aromatic carbocycles. The average Bonchev–Trinajstić information content (AvgIpc) is 3.10. The second-order valence-corrected chi connectivity index (χ2v) is 7.06. The zero-order valence-corrected chi connectivity index (χ0v) is 15.5. The quantitative estimate of drug-likeness (QED) is 0.726. The van der Waals surface area contributed by atoms with Crippen LogP contribution in [-0.4, -0.2) is 23.3 Å². The summed E-state index contributed by atoms with van der Waals surface area (Å²) in [5.41, 5.74) is 3.87. The van der Waals surface area contributed by atoms with Crippen molar-refractivity contribution in [2.45, 2.75) is 13.0 Å². The van der Waals surface area contributed by atoms with Gasteiger partial charge in [0, 0.05) is 30.8 Å². The molecule has 1 N–H and O–H groups in total. The molecule has 3 aromatic rings. The van der Waals surface area contributed by atoms with Crippen LogP contribution in [-0.2, 0) is 16.1 Å². The van der Waals surface area contributed by atoms with Gasteiger partial charge in [-0.15, -0.1) is 0 Å². The zero-order chi connectivity index (χ0) is 19.3. The number of nitrogens with one attached hydrogen (secondary N) is 1. The van der Waals surface area contributed by atoms with Gasteiger partial charge in [0.25, 0.3) is 0 Å². The van der Waals surface area contributed by atoms with Gasteiger partial charge in [0.15, 0.2) is 0 Å². The van der Waals surface area contributed by atoms with Gasteiger partial charge in [-0.05, 0) is 17.2 Å². The van der Waals surface area contributed by atoms with Gasteiger partial charge >= 0.3 is 0 Å². The van der Waals surface area contributed by atoms with E-state index in [0.29, 0.717) is 13.1 Å². The fourth-order valence-corrected chi connectivity index (χ4v) is 3.60. The summed E-state index contributed by atoms with van der Waals surface area (Å²) in [4.78, 5) is 27.0. The Kier molecular flexibility index (Phi) is 5.20.